The van der Waals surface area contributed by atoms with Crippen LogP contribution in [0.25, 0.3) is 0 Å². The molecule has 2 unspecified atom stereocenters. The van der Waals surface area contributed by atoms with E-state index < -0.39 is 0 Å². The summed E-state index contributed by atoms with van der Waals surface area (Å²) in [5.41, 5.74) is 2.49. The molecule has 0 aliphatic heterocycles. The van der Waals surface area contributed by atoms with Gasteiger partial charge < -0.3 is 10.0 Å². The zero-order valence-corrected chi connectivity index (χ0v) is 13.9. The molecule has 0 saturated heterocycles. The summed E-state index contributed by atoms with van der Waals surface area (Å²) in [7, 11) is 2.13. The Hall–Kier alpha value is -1.65. The SMILES string of the molecule is CN(Cc1cnn(Cc2ccccc2)c1)CC1CCCCC1O. The van der Waals surface area contributed by atoms with Crippen LogP contribution in [-0.2, 0) is 13.1 Å². The second kappa shape index (κ2) is 7.75. The third-order valence-corrected chi connectivity index (χ3v) is 4.74. The summed E-state index contributed by atoms with van der Waals surface area (Å²) >= 11 is 0. The third-order valence-electron chi connectivity index (χ3n) is 4.74. The first-order valence-corrected chi connectivity index (χ1v) is 8.62. The average Bonchev–Trinajstić information content (AvgIpc) is 2.97. The van der Waals surface area contributed by atoms with Crippen molar-refractivity contribution >= 4 is 0 Å². The first kappa shape index (κ1) is 16.2. The highest BCUT2D eigenvalue weighted by Gasteiger charge is 2.24. The summed E-state index contributed by atoms with van der Waals surface area (Å²) < 4.78 is 1.99. The smallest absolute Gasteiger partial charge is 0.0659 e. The minimum Gasteiger partial charge on any atom is -0.393 e. The summed E-state index contributed by atoms with van der Waals surface area (Å²) in [6.45, 7) is 2.66. The van der Waals surface area contributed by atoms with Gasteiger partial charge in [0.2, 0.25) is 0 Å². The molecule has 124 valence electrons. The zero-order chi connectivity index (χ0) is 16.1. The topological polar surface area (TPSA) is 41.3 Å². The fourth-order valence-corrected chi connectivity index (χ4v) is 3.52. The molecule has 2 aromatic rings. The summed E-state index contributed by atoms with van der Waals surface area (Å²) in [6, 6.07) is 10.4. The number of aliphatic hydroxyl groups is 1. The van der Waals surface area contributed by atoms with Crippen LogP contribution in [0.15, 0.2) is 42.7 Å². The van der Waals surface area contributed by atoms with Crippen molar-refractivity contribution in [3.8, 4) is 0 Å². The van der Waals surface area contributed by atoms with Gasteiger partial charge in [-0.15, -0.1) is 0 Å². The fraction of sp³-hybridized carbons (Fsp3) is 0.526. The minimum atomic E-state index is -0.119. The molecule has 1 aromatic heterocycles. The van der Waals surface area contributed by atoms with Crippen molar-refractivity contribution in [1.29, 1.82) is 0 Å². The van der Waals surface area contributed by atoms with Crippen LogP contribution >= 0.6 is 0 Å². The van der Waals surface area contributed by atoms with Crippen LogP contribution in [0, 0.1) is 5.92 Å². The molecule has 1 fully saturated rings. The van der Waals surface area contributed by atoms with Crippen LogP contribution in [-0.4, -0.2) is 39.5 Å². The molecular weight excluding hydrogens is 286 g/mol. The first-order valence-electron chi connectivity index (χ1n) is 8.62. The number of hydrogen-bond acceptors (Lipinski definition) is 3. The van der Waals surface area contributed by atoms with Gasteiger partial charge in [-0.25, -0.2) is 0 Å². The Bertz CT molecular complexity index is 596. The Balaban J connectivity index is 1.52. The molecule has 1 aromatic carbocycles. The van der Waals surface area contributed by atoms with Crippen molar-refractivity contribution in [1.82, 2.24) is 14.7 Å². The Kier molecular flexibility index (Phi) is 5.47. The van der Waals surface area contributed by atoms with Gasteiger partial charge in [0, 0.05) is 24.8 Å². The van der Waals surface area contributed by atoms with Crippen LogP contribution in [0.5, 0.6) is 0 Å². The maximum atomic E-state index is 10.1. The van der Waals surface area contributed by atoms with E-state index in [9.17, 15) is 5.11 Å². The number of aromatic nitrogens is 2. The van der Waals surface area contributed by atoms with Crippen LogP contribution in [0.4, 0.5) is 0 Å². The summed E-state index contributed by atoms with van der Waals surface area (Å²) in [5, 5.41) is 14.6. The van der Waals surface area contributed by atoms with Gasteiger partial charge in [-0.1, -0.05) is 43.2 Å². The average molecular weight is 313 g/mol. The Labute approximate surface area is 138 Å². The second-order valence-corrected chi connectivity index (χ2v) is 6.84. The van der Waals surface area contributed by atoms with Crippen LogP contribution in [0.2, 0.25) is 0 Å². The number of nitrogens with zero attached hydrogens (tertiary/aromatic N) is 3. The largest absolute Gasteiger partial charge is 0.393 e. The van der Waals surface area contributed by atoms with E-state index in [1.807, 2.05) is 16.9 Å². The number of aliphatic hydroxyl groups excluding tert-OH is 1. The van der Waals surface area contributed by atoms with Gasteiger partial charge in [0.1, 0.15) is 0 Å². The highest BCUT2D eigenvalue weighted by Crippen LogP contribution is 2.25. The molecule has 1 aliphatic carbocycles. The summed E-state index contributed by atoms with van der Waals surface area (Å²) in [6.07, 6.45) is 8.51. The van der Waals surface area contributed by atoms with E-state index in [0.29, 0.717) is 5.92 Å². The standard InChI is InChI=1S/C19H27N3O/c1-21(15-18-9-5-6-10-19(18)23)12-17-11-20-22(14-17)13-16-7-3-2-4-8-16/h2-4,7-8,11,14,18-19,23H,5-6,9-10,12-13,15H2,1H3. The van der Waals surface area contributed by atoms with Crippen LogP contribution in [0.3, 0.4) is 0 Å². The molecular formula is C19H27N3O. The van der Waals surface area contributed by atoms with E-state index in [1.54, 1.807) is 0 Å². The highest BCUT2D eigenvalue weighted by atomic mass is 16.3. The lowest BCUT2D eigenvalue weighted by Gasteiger charge is -2.31. The molecule has 0 bridgehead atoms. The predicted octanol–water partition coefficient (Wildman–Crippen LogP) is 2.91. The summed E-state index contributed by atoms with van der Waals surface area (Å²) in [5.74, 6) is 0.424. The normalized spacial score (nSPS) is 21.7. The molecule has 0 spiro atoms. The lowest BCUT2D eigenvalue weighted by atomic mass is 9.86. The van der Waals surface area contributed by atoms with Gasteiger partial charge in [0.15, 0.2) is 0 Å². The van der Waals surface area contributed by atoms with Crippen molar-refractivity contribution < 1.29 is 5.11 Å². The number of benzene rings is 1. The second-order valence-electron chi connectivity index (χ2n) is 6.84. The van der Waals surface area contributed by atoms with Gasteiger partial charge in [-0.05, 0) is 31.4 Å². The predicted molar refractivity (Wildman–Crippen MR) is 92.1 cm³/mol. The Morgan fingerprint density at radius 2 is 1.96 bits per heavy atom. The van der Waals surface area contributed by atoms with Crippen molar-refractivity contribution in [3.05, 3.63) is 53.9 Å². The quantitative estimate of drug-likeness (QED) is 0.891. The highest BCUT2D eigenvalue weighted by molar-refractivity contribution is 5.15. The van der Waals surface area contributed by atoms with E-state index in [0.717, 1.165) is 32.5 Å². The molecule has 4 nitrogen and oxygen atoms in total. The van der Waals surface area contributed by atoms with Gasteiger partial charge in [-0.3, -0.25) is 4.68 Å². The van der Waals surface area contributed by atoms with E-state index in [1.165, 1.54) is 24.0 Å². The lowest BCUT2D eigenvalue weighted by molar-refractivity contribution is 0.0502. The number of rotatable bonds is 6. The van der Waals surface area contributed by atoms with E-state index in [2.05, 4.69) is 47.5 Å². The summed E-state index contributed by atoms with van der Waals surface area (Å²) in [4.78, 5) is 2.31. The van der Waals surface area contributed by atoms with Gasteiger partial charge >= 0.3 is 0 Å². The van der Waals surface area contributed by atoms with Gasteiger partial charge in [0.25, 0.3) is 0 Å². The van der Waals surface area contributed by atoms with Crippen LogP contribution < -0.4 is 0 Å². The van der Waals surface area contributed by atoms with Gasteiger partial charge in [0.05, 0.1) is 18.8 Å². The fourth-order valence-electron chi connectivity index (χ4n) is 3.52. The molecule has 1 aliphatic rings. The molecule has 1 saturated carbocycles. The van der Waals surface area contributed by atoms with Crippen LogP contribution in [0.1, 0.15) is 36.8 Å². The Morgan fingerprint density at radius 1 is 1.17 bits per heavy atom. The van der Waals surface area contributed by atoms with Crippen molar-refractivity contribution in [3.63, 3.8) is 0 Å². The maximum absolute atomic E-state index is 10.1. The van der Waals surface area contributed by atoms with Crippen molar-refractivity contribution in [2.75, 3.05) is 13.6 Å². The zero-order valence-electron chi connectivity index (χ0n) is 13.9. The van der Waals surface area contributed by atoms with E-state index in [4.69, 9.17) is 0 Å². The Morgan fingerprint density at radius 3 is 2.74 bits per heavy atom. The molecule has 0 radical (unpaired) electrons. The number of hydrogen-bond donors (Lipinski definition) is 1. The lowest BCUT2D eigenvalue weighted by Crippen LogP contribution is -2.34. The molecule has 1 heterocycles. The molecule has 1 N–H and O–H groups in total. The monoisotopic (exact) mass is 313 g/mol. The van der Waals surface area contributed by atoms with Gasteiger partial charge in [-0.2, -0.15) is 5.10 Å². The molecule has 23 heavy (non-hydrogen) atoms. The molecule has 2 atom stereocenters. The first-order chi connectivity index (χ1) is 11.2. The van der Waals surface area contributed by atoms with Crippen molar-refractivity contribution in [2.24, 2.45) is 5.92 Å². The van der Waals surface area contributed by atoms with E-state index >= 15 is 0 Å². The maximum Gasteiger partial charge on any atom is 0.0659 e. The third kappa shape index (κ3) is 4.66. The van der Waals surface area contributed by atoms with Crippen molar-refractivity contribution in [2.45, 2.75) is 44.9 Å². The molecule has 4 heteroatoms. The van der Waals surface area contributed by atoms with E-state index in [-0.39, 0.29) is 6.10 Å². The molecule has 0 amide bonds. The molecule has 3 rings (SSSR count). The minimum absolute atomic E-state index is 0.119.